The van der Waals surface area contributed by atoms with Crippen LogP contribution in [0.2, 0.25) is 0 Å². The minimum Gasteiger partial charge on any atom is -0.444 e. The van der Waals surface area contributed by atoms with Crippen LogP contribution in [0, 0.1) is 5.92 Å². The zero-order valence-corrected chi connectivity index (χ0v) is 33.3. The predicted octanol–water partition coefficient (Wildman–Crippen LogP) is 0.0264. The number of nitrogens with zero attached hydrogens (tertiary/aromatic N) is 2. The summed E-state index contributed by atoms with van der Waals surface area (Å²) in [5.41, 5.74) is 9.06. The number of nitrogens with one attached hydrogen (secondary N) is 7. The Hall–Kier alpha value is -5.95. The number of piperidine rings is 1. The maximum absolute atomic E-state index is 13.6. The highest BCUT2D eigenvalue weighted by Gasteiger charge is 2.32. The maximum atomic E-state index is 13.6. The number of hydrogen-bond donors (Lipinski definition) is 9. The van der Waals surface area contributed by atoms with E-state index in [1.165, 1.54) is 18.2 Å². The molecule has 1 aromatic carbocycles. The third-order valence-electron chi connectivity index (χ3n) is 9.24. The zero-order chi connectivity index (χ0) is 42.3. The monoisotopic (exact) mass is 799 g/mol. The van der Waals surface area contributed by atoms with Crippen LogP contribution in [0.3, 0.4) is 0 Å². The largest absolute Gasteiger partial charge is 0.444 e. The second kappa shape index (κ2) is 21.4. The molecular weight excluding hydrogens is 742 g/mol. The summed E-state index contributed by atoms with van der Waals surface area (Å²) in [4.78, 5) is 110. The lowest BCUT2D eigenvalue weighted by molar-refractivity contribution is -0.134. The Labute approximate surface area is 330 Å². The van der Waals surface area contributed by atoms with Gasteiger partial charge in [-0.25, -0.2) is 4.79 Å². The average Bonchev–Trinajstić information content (AvgIpc) is 3.16. The van der Waals surface area contributed by atoms with Gasteiger partial charge in [-0.3, -0.25) is 48.8 Å². The lowest BCUT2D eigenvalue weighted by atomic mass is 9.97. The van der Waals surface area contributed by atoms with Gasteiger partial charge in [0, 0.05) is 31.7 Å². The number of aliphatic imine (C=N–C) groups is 1. The van der Waals surface area contributed by atoms with Crippen molar-refractivity contribution in [3.8, 4) is 0 Å². The van der Waals surface area contributed by atoms with Crippen molar-refractivity contribution < 1.29 is 33.5 Å². The van der Waals surface area contributed by atoms with Gasteiger partial charge in [-0.15, -0.1) is 0 Å². The third kappa shape index (κ3) is 14.9. The van der Waals surface area contributed by atoms with Gasteiger partial charge < -0.3 is 47.7 Å². The Morgan fingerprint density at radius 1 is 0.877 bits per heavy atom. The number of likely N-dealkylation sites (tertiary alicyclic amines) is 1. The second-order valence-electron chi connectivity index (χ2n) is 15.0. The number of fused-ring (bicyclic) bond motifs is 1. The van der Waals surface area contributed by atoms with Gasteiger partial charge in [0.1, 0.15) is 23.7 Å². The fourth-order valence-electron chi connectivity index (χ4n) is 6.03. The highest BCUT2D eigenvalue weighted by Crippen LogP contribution is 2.16. The van der Waals surface area contributed by atoms with E-state index in [1.54, 1.807) is 32.6 Å². The molecule has 3 rings (SSSR count). The normalized spacial score (nSPS) is 14.9. The fraction of sp³-hybridized carbons (Fsp3) is 0.595. The molecule has 1 fully saturated rings. The van der Waals surface area contributed by atoms with Crippen molar-refractivity contribution >= 4 is 58.0 Å². The quantitative estimate of drug-likeness (QED) is 0.0550. The van der Waals surface area contributed by atoms with Gasteiger partial charge in [0.2, 0.25) is 29.5 Å². The molecule has 1 aliphatic rings. The van der Waals surface area contributed by atoms with Crippen LogP contribution in [0.1, 0.15) is 86.0 Å². The molecule has 2 aromatic rings. The zero-order valence-electron chi connectivity index (χ0n) is 33.3. The first-order valence-corrected chi connectivity index (χ1v) is 19.1. The highest BCUT2D eigenvalue weighted by molar-refractivity contribution is 5.99. The molecule has 0 bridgehead atoms. The number of alkyl carbamates (subject to hydrolysis) is 1. The van der Waals surface area contributed by atoms with Crippen molar-refractivity contribution in [1.29, 1.82) is 0 Å². The van der Waals surface area contributed by atoms with E-state index >= 15 is 0 Å². The number of benzene rings is 1. The molecule has 0 aliphatic carbocycles. The Morgan fingerprint density at radius 3 is 2.16 bits per heavy atom. The van der Waals surface area contributed by atoms with Gasteiger partial charge in [-0.1, -0.05) is 20.3 Å². The van der Waals surface area contributed by atoms with Gasteiger partial charge in [0.15, 0.2) is 5.96 Å². The summed E-state index contributed by atoms with van der Waals surface area (Å²) in [6.07, 6.45) is 2.60. The molecule has 20 heteroatoms. The fourth-order valence-corrected chi connectivity index (χ4v) is 6.03. The summed E-state index contributed by atoms with van der Waals surface area (Å²) >= 11 is 0. The van der Waals surface area contributed by atoms with Gasteiger partial charge in [-0.05, 0) is 83.4 Å². The Balaban J connectivity index is 1.75. The number of nitrogens with two attached hydrogens (primary N) is 2. The van der Waals surface area contributed by atoms with Crippen LogP contribution in [-0.4, -0.2) is 107 Å². The molecule has 6 amide bonds. The molecule has 1 aromatic heterocycles. The lowest BCUT2D eigenvalue weighted by Crippen LogP contribution is -2.57. The molecule has 0 unspecified atom stereocenters. The van der Waals surface area contributed by atoms with Crippen molar-refractivity contribution in [1.82, 2.24) is 36.4 Å². The average molecular weight is 800 g/mol. The molecule has 0 radical (unpaired) electrons. The van der Waals surface area contributed by atoms with Gasteiger partial charge in [0.05, 0.1) is 17.3 Å². The standard InChI is InChI=1S/C37H57N11O9/c1-6-21(2)29(45-36(56)57-37(3,4)5)34(55)44-26(14-15-28(50)48-17-8-7-9-18-48)32(53)41-20-27(49)43-25(11-10-16-40-35(38)39)33(54)42-22-12-13-23-24(19-22)31(52)47-46-30(23)51/h12-13,19,21,25-26,29H,6-11,14-18,20H2,1-5H3,(H,41,53)(H,42,54)(H,43,49)(H,44,55)(H,45,56)(H,46,51)(H,47,52)(H4,38,39,40)/t21-,25-,26-,29-/m0/s1. The van der Waals surface area contributed by atoms with E-state index in [9.17, 15) is 38.4 Å². The number of aromatic amines is 2. The van der Waals surface area contributed by atoms with E-state index < -0.39 is 71.1 Å². The first kappa shape index (κ1) is 45.4. The molecule has 4 atom stereocenters. The number of aromatic nitrogens is 2. The van der Waals surface area contributed by atoms with Crippen LogP contribution in [0.5, 0.6) is 0 Å². The molecule has 314 valence electrons. The van der Waals surface area contributed by atoms with Crippen LogP contribution < -0.4 is 49.2 Å². The van der Waals surface area contributed by atoms with Crippen LogP contribution in [-0.2, 0) is 28.7 Å². The van der Waals surface area contributed by atoms with Crippen LogP contribution in [0.15, 0.2) is 32.8 Å². The Bertz CT molecular complexity index is 1890. The number of carbonyl (C=O) groups excluding carboxylic acids is 6. The van der Waals surface area contributed by atoms with Gasteiger partial charge >= 0.3 is 6.09 Å². The minimum absolute atomic E-state index is 0.0305. The number of ether oxygens (including phenoxy) is 1. The highest BCUT2D eigenvalue weighted by atomic mass is 16.6. The number of hydrogen-bond acceptors (Lipinski definition) is 10. The van der Waals surface area contributed by atoms with Crippen LogP contribution in [0.25, 0.3) is 10.8 Å². The van der Waals surface area contributed by atoms with Crippen molar-refractivity contribution in [2.24, 2.45) is 22.4 Å². The Morgan fingerprint density at radius 2 is 1.53 bits per heavy atom. The molecule has 1 saturated heterocycles. The summed E-state index contributed by atoms with van der Waals surface area (Å²) in [6.45, 7) is 9.36. The second-order valence-corrected chi connectivity index (χ2v) is 15.0. The number of H-pyrrole nitrogens is 2. The molecule has 57 heavy (non-hydrogen) atoms. The summed E-state index contributed by atoms with van der Waals surface area (Å²) in [5, 5.41) is 17.5. The minimum atomic E-state index is -1.27. The number of rotatable bonds is 18. The van der Waals surface area contributed by atoms with Gasteiger partial charge in [-0.2, -0.15) is 0 Å². The number of amides is 6. The number of guanidine groups is 1. The molecule has 2 heterocycles. The first-order chi connectivity index (χ1) is 26.9. The number of anilines is 1. The number of carbonyl (C=O) groups is 6. The third-order valence-corrected chi connectivity index (χ3v) is 9.24. The van der Waals surface area contributed by atoms with Crippen molar-refractivity contribution in [3.05, 3.63) is 38.9 Å². The van der Waals surface area contributed by atoms with Gasteiger partial charge in [0.25, 0.3) is 11.1 Å². The lowest BCUT2D eigenvalue weighted by Gasteiger charge is -2.29. The van der Waals surface area contributed by atoms with E-state index in [4.69, 9.17) is 16.2 Å². The van der Waals surface area contributed by atoms with E-state index in [1.807, 2.05) is 6.92 Å². The van der Waals surface area contributed by atoms with Crippen molar-refractivity contribution in [2.45, 2.75) is 110 Å². The van der Waals surface area contributed by atoms with E-state index in [0.717, 1.165) is 19.3 Å². The van der Waals surface area contributed by atoms with Crippen LogP contribution >= 0.6 is 0 Å². The predicted molar refractivity (Wildman–Crippen MR) is 213 cm³/mol. The van der Waals surface area contributed by atoms with Crippen molar-refractivity contribution in [2.75, 3.05) is 31.5 Å². The topological polar surface area (TPSA) is 305 Å². The summed E-state index contributed by atoms with van der Waals surface area (Å²) < 4.78 is 5.35. The molecule has 1 aliphatic heterocycles. The molecule has 0 spiro atoms. The first-order valence-electron chi connectivity index (χ1n) is 19.1. The molecule has 20 nitrogen and oxygen atoms in total. The van der Waals surface area contributed by atoms with Crippen molar-refractivity contribution in [3.63, 3.8) is 0 Å². The van der Waals surface area contributed by atoms with E-state index in [2.05, 4.69) is 41.8 Å². The SMILES string of the molecule is CC[C@H](C)[C@H](NC(=O)OC(C)(C)C)C(=O)N[C@@H](CCC(=O)N1CCCCC1)C(=O)NCC(=O)N[C@@H](CCCN=C(N)N)C(=O)Nc1ccc2c(=O)[nH][nH]c(=O)c2c1. The summed E-state index contributed by atoms with van der Waals surface area (Å²) in [6, 6.07) is 0.597. The van der Waals surface area contributed by atoms with Crippen LogP contribution in [0.4, 0.5) is 10.5 Å². The smallest absolute Gasteiger partial charge is 0.408 e. The van der Waals surface area contributed by atoms with E-state index in [-0.39, 0.29) is 66.5 Å². The summed E-state index contributed by atoms with van der Waals surface area (Å²) in [5.74, 6) is -3.58. The molecule has 11 N–H and O–H groups in total. The van der Waals surface area contributed by atoms with E-state index in [0.29, 0.717) is 19.5 Å². The molecule has 0 saturated carbocycles. The Kier molecular flexibility index (Phi) is 17.0. The summed E-state index contributed by atoms with van der Waals surface area (Å²) in [7, 11) is 0. The maximum Gasteiger partial charge on any atom is 0.408 e. The molecular formula is C37H57N11O9.